The first-order valence-electron chi connectivity index (χ1n) is 10.2. The monoisotopic (exact) mass is 430 g/mol. The number of hydrogen-bond donors (Lipinski definition) is 1. The summed E-state index contributed by atoms with van der Waals surface area (Å²) in [6.45, 7) is 1.85. The fourth-order valence-corrected chi connectivity index (χ4v) is 3.60. The summed E-state index contributed by atoms with van der Waals surface area (Å²) in [5.41, 5.74) is 2.42. The van der Waals surface area contributed by atoms with E-state index in [-0.39, 0.29) is 17.7 Å². The highest BCUT2D eigenvalue weighted by Gasteiger charge is 2.19. The maximum absolute atomic E-state index is 13.2. The molecule has 0 aliphatic rings. The zero-order valence-electron chi connectivity index (χ0n) is 17.7. The molecule has 0 unspecified atom stereocenters. The van der Waals surface area contributed by atoms with Crippen molar-refractivity contribution in [3.63, 3.8) is 0 Å². The number of para-hydroxylation sites is 1. The average Bonchev–Trinajstić information content (AvgIpc) is 3.10. The summed E-state index contributed by atoms with van der Waals surface area (Å²) < 4.78 is 7.79. The number of hydrogen-bond acceptors (Lipinski definition) is 5. The Labute approximate surface area is 184 Å². The third kappa shape index (κ3) is 3.90. The highest BCUT2D eigenvalue weighted by Crippen LogP contribution is 2.18. The predicted molar refractivity (Wildman–Crippen MR) is 121 cm³/mol. The minimum atomic E-state index is -0.553. The van der Waals surface area contributed by atoms with Gasteiger partial charge in [0.05, 0.1) is 29.4 Å². The maximum Gasteiger partial charge on any atom is 0.339 e. The van der Waals surface area contributed by atoms with Gasteiger partial charge in [0, 0.05) is 6.20 Å². The first kappa shape index (κ1) is 21.0. The van der Waals surface area contributed by atoms with Crippen molar-refractivity contribution in [1.29, 1.82) is 0 Å². The maximum atomic E-state index is 13.2. The zero-order valence-corrected chi connectivity index (χ0v) is 17.7. The summed E-state index contributed by atoms with van der Waals surface area (Å²) in [4.78, 5) is 42.5. The van der Waals surface area contributed by atoms with E-state index in [1.54, 1.807) is 47.3 Å². The molecule has 0 atom stereocenters. The first-order valence-corrected chi connectivity index (χ1v) is 10.2. The van der Waals surface area contributed by atoms with Gasteiger partial charge in [0.25, 0.3) is 5.56 Å². The van der Waals surface area contributed by atoms with Gasteiger partial charge in [0.2, 0.25) is 5.91 Å². The van der Waals surface area contributed by atoms with Crippen molar-refractivity contribution >= 4 is 28.6 Å². The van der Waals surface area contributed by atoms with E-state index in [0.717, 1.165) is 12.0 Å². The van der Waals surface area contributed by atoms with Crippen molar-refractivity contribution in [2.24, 2.45) is 0 Å². The average molecular weight is 430 g/mol. The summed E-state index contributed by atoms with van der Waals surface area (Å²) in [5, 5.41) is 3.16. The number of benzene rings is 2. The molecular formula is C24H22N4O4. The van der Waals surface area contributed by atoms with E-state index in [4.69, 9.17) is 4.74 Å². The number of anilines is 1. The lowest BCUT2D eigenvalue weighted by atomic mass is 10.1. The predicted octanol–water partition coefficient (Wildman–Crippen LogP) is 3.17. The molecule has 0 fully saturated rings. The number of carbonyl (C=O) groups is 2. The number of aryl methyl sites for hydroxylation is 1. The van der Waals surface area contributed by atoms with Gasteiger partial charge in [0.1, 0.15) is 6.54 Å². The summed E-state index contributed by atoms with van der Waals surface area (Å²) in [6.07, 6.45) is 2.39. The van der Waals surface area contributed by atoms with Crippen molar-refractivity contribution < 1.29 is 14.3 Å². The molecule has 0 saturated carbocycles. The summed E-state index contributed by atoms with van der Waals surface area (Å²) in [6, 6.07) is 17.6. The molecule has 0 aliphatic heterocycles. The molecule has 32 heavy (non-hydrogen) atoms. The van der Waals surface area contributed by atoms with E-state index in [1.165, 1.54) is 11.8 Å². The number of ether oxygens (including phenoxy) is 1. The molecule has 0 bridgehead atoms. The fourth-order valence-electron chi connectivity index (χ4n) is 3.60. The number of esters is 1. The number of rotatable bonds is 6. The third-order valence-corrected chi connectivity index (χ3v) is 5.16. The summed E-state index contributed by atoms with van der Waals surface area (Å²) >= 11 is 0. The molecule has 4 rings (SSSR count). The molecule has 2 aromatic heterocycles. The van der Waals surface area contributed by atoms with E-state index >= 15 is 0 Å². The Morgan fingerprint density at radius 1 is 1.06 bits per heavy atom. The van der Waals surface area contributed by atoms with Crippen molar-refractivity contribution in [2.45, 2.75) is 19.9 Å². The van der Waals surface area contributed by atoms with Gasteiger partial charge in [-0.15, -0.1) is 0 Å². The third-order valence-electron chi connectivity index (χ3n) is 5.16. The lowest BCUT2D eigenvalue weighted by Crippen LogP contribution is -2.27. The number of amides is 1. The highest BCUT2D eigenvalue weighted by atomic mass is 16.5. The lowest BCUT2D eigenvalue weighted by molar-refractivity contribution is -0.116. The van der Waals surface area contributed by atoms with E-state index in [1.807, 2.05) is 31.2 Å². The summed E-state index contributed by atoms with van der Waals surface area (Å²) in [7, 11) is 1.28. The molecule has 4 aromatic rings. The SMILES string of the molecule is CCc1cccc(-n2c(=O)c3cccnc3n2CC(=O)Nc2ccccc2C(=O)OC)c1. The second kappa shape index (κ2) is 8.89. The second-order valence-electron chi connectivity index (χ2n) is 7.16. The van der Waals surface area contributed by atoms with Gasteiger partial charge in [-0.05, 0) is 48.4 Å². The molecule has 0 saturated heterocycles. The molecule has 2 heterocycles. The minimum Gasteiger partial charge on any atom is -0.465 e. The zero-order chi connectivity index (χ0) is 22.7. The standard InChI is InChI=1S/C24H22N4O4/c1-3-16-8-6-9-17(14-16)28-23(30)19-11-7-13-25-22(19)27(28)15-21(29)26-20-12-5-4-10-18(20)24(31)32-2/h4-14H,3,15H2,1-2H3,(H,26,29). The second-order valence-corrected chi connectivity index (χ2v) is 7.16. The van der Waals surface area contributed by atoms with Gasteiger partial charge in [-0.3, -0.25) is 14.3 Å². The van der Waals surface area contributed by atoms with E-state index in [0.29, 0.717) is 22.4 Å². The van der Waals surface area contributed by atoms with Crippen LogP contribution in [0.25, 0.3) is 16.7 Å². The number of aromatic nitrogens is 3. The van der Waals surface area contributed by atoms with Crippen LogP contribution in [0.4, 0.5) is 5.69 Å². The molecule has 2 aromatic carbocycles. The van der Waals surface area contributed by atoms with Crippen LogP contribution >= 0.6 is 0 Å². The minimum absolute atomic E-state index is 0.179. The largest absolute Gasteiger partial charge is 0.465 e. The van der Waals surface area contributed by atoms with Crippen LogP contribution in [0.15, 0.2) is 71.7 Å². The van der Waals surface area contributed by atoms with Crippen molar-refractivity contribution in [3.8, 4) is 5.69 Å². The van der Waals surface area contributed by atoms with Crippen LogP contribution in [0.2, 0.25) is 0 Å². The Hall–Kier alpha value is -4.20. The lowest BCUT2D eigenvalue weighted by Gasteiger charge is -2.14. The molecule has 0 spiro atoms. The van der Waals surface area contributed by atoms with E-state index in [2.05, 4.69) is 10.3 Å². The molecule has 8 nitrogen and oxygen atoms in total. The highest BCUT2D eigenvalue weighted by molar-refractivity contribution is 6.01. The number of nitrogens with one attached hydrogen (secondary N) is 1. The molecule has 1 N–H and O–H groups in total. The van der Waals surface area contributed by atoms with Crippen LogP contribution in [0.5, 0.6) is 0 Å². The van der Waals surface area contributed by atoms with Gasteiger partial charge in [-0.2, -0.15) is 0 Å². The molecule has 8 heteroatoms. The number of carbonyl (C=O) groups excluding carboxylic acids is 2. The van der Waals surface area contributed by atoms with Crippen LogP contribution < -0.4 is 10.9 Å². The number of nitrogens with zero attached hydrogens (tertiary/aromatic N) is 3. The van der Waals surface area contributed by atoms with Crippen LogP contribution in [-0.4, -0.2) is 33.3 Å². The smallest absolute Gasteiger partial charge is 0.339 e. The summed E-state index contributed by atoms with van der Waals surface area (Å²) in [5.74, 6) is -0.966. The molecule has 162 valence electrons. The normalized spacial score (nSPS) is 10.8. The Balaban J connectivity index is 1.76. The Kier molecular flexibility index (Phi) is 5.85. The van der Waals surface area contributed by atoms with Gasteiger partial charge in [-0.25, -0.2) is 14.5 Å². The van der Waals surface area contributed by atoms with Gasteiger partial charge >= 0.3 is 5.97 Å². The van der Waals surface area contributed by atoms with Gasteiger partial charge in [0.15, 0.2) is 5.65 Å². The van der Waals surface area contributed by atoms with Gasteiger partial charge < -0.3 is 10.1 Å². The van der Waals surface area contributed by atoms with Crippen molar-refractivity contribution in [2.75, 3.05) is 12.4 Å². The van der Waals surface area contributed by atoms with Crippen LogP contribution in [0.3, 0.4) is 0 Å². The van der Waals surface area contributed by atoms with Crippen molar-refractivity contribution in [1.82, 2.24) is 14.3 Å². The fraction of sp³-hybridized carbons (Fsp3) is 0.167. The topological polar surface area (TPSA) is 95.2 Å². The van der Waals surface area contributed by atoms with E-state index < -0.39 is 11.9 Å². The first-order chi connectivity index (χ1) is 15.5. The number of fused-ring (bicyclic) bond motifs is 1. The van der Waals surface area contributed by atoms with Crippen molar-refractivity contribution in [3.05, 3.63) is 88.3 Å². The molecular weight excluding hydrogens is 408 g/mol. The van der Waals surface area contributed by atoms with Crippen LogP contribution in [0.1, 0.15) is 22.8 Å². The Morgan fingerprint density at radius 3 is 2.66 bits per heavy atom. The van der Waals surface area contributed by atoms with Gasteiger partial charge in [-0.1, -0.05) is 31.2 Å². The quantitative estimate of drug-likeness (QED) is 0.474. The Morgan fingerprint density at radius 2 is 1.88 bits per heavy atom. The number of methoxy groups -OCH3 is 1. The molecule has 0 aliphatic carbocycles. The van der Waals surface area contributed by atoms with Crippen LogP contribution in [0, 0.1) is 0 Å². The number of pyridine rings is 1. The van der Waals surface area contributed by atoms with E-state index in [9.17, 15) is 14.4 Å². The van der Waals surface area contributed by atoms with Crippen LogP contribution in [-0.2, 0) is 22.5 Å². The molecule has 0 radical (unpaired) electrons. The Bertz CT molecular complexity index is 1370. The molecule has 1 amide bonds.